The SMILES string of the molecule is COc1ccc2c(c1)C(CC(=O)Nc1ccccc1C)=C(C)C2=Cc1cc(OC)c(O)c(OC)c1. The minimum absolute atomic E-state index is 0.0467. The van der Waals surface area contributed by atoms with E-state index in [2.05, 4.69) is 5.32 Å². The molecule has 2 N–H and O–H groups in total. The highest BCUT2D eigenvalue weighted by Gasteiger charge is 2.26. The number of aryl methyl sites for hydroxylation is 1. The Morgan fingerprint density at radius 3 is 2.23 bits per heavy atom. The summed E-state index contributed by atoms with van der Waals surface area (Å²) in [5, 5.41) is 13.3. The number of hydrogen-bond acceptors (Lipinski definition) is 5. The van der Waals surface area contributed by atoms with E-state index in [-0.39, 0.29) is 18.1 Å². The molecule has 0 aliphatic heterocycles. The fourth-order valence-corrected chi connectivity index (χ4v) is 4.35. The molecule has 0 radical (unpaired) electrons. The minimum Gasteiger partial charge on any atom is -0.502 e. The summed E-state index contributed by atoms with van der Waals surface area (Å²) in [4.78, 5) is 13.0. The average Bonchev–Trinajstić information content (AvgIpc) is 3.11. The van der Waals surface area contributed by atoms with E-state index in [4.69, 9.17) is 14.2 Å². The molecule has 3 aromatic carbocycles. The molecule has 0 bridgehead atoms. The quantitative estimate of drug-likeness (QED) is 0.437. The van der Waals surface area contributed by atoms with Crippen molar-refractivity contribution >= 4 is 28.8 Å². The monoisotopic (exact) mass is 471 g/mol. The lowest BCUT2D eigenvalue weighted by Gasteiger charge is -2.11. The smallest absolute Gasteiger partial charge is 0.228 e. The van der Waals surface area contributed by atoms with Gasteiger partial charge in [0, 0.05) is 5.69 Å². The number of amides is 1. The Labute approximate surface area is 205 Å². The molecule has 3 aromatic rings. The van der Waals surface area contributed by atoms with Gasteiger partial charge in [0.2, 0.25) is 11.7 Å². The normalized spacial score (nSPS) is 13.6. The Kier molecular flexibility index (Phi) is 6.82. The van der Waals surface area contributed by atoms with Crippen LogP contribution in [0.25, 0.3) is 17.2 Å². The Morgan fingerprint density at radius 2 is 1.60 bits per heavy atom. The Morgan fingerprint density at radius 1 is 0.914 bits per heavy atom. The largest absolute Gasteiger partial charge is 0.502 e. The number of allylic oxidation sites excluding steroid dienone is 2. The van der Waals surface area contributed by atoms with Crippen LogP contribution in [0.5, 0.6) is 23.0 Å². The number of nitrogens with one attached hydrogen (secondary N) is 1. The molecule has 0 heterocycles. The fraction of sp³-hybridized carbons (Fsp3) is 0.207. The third kappa shape index (κ3) is 4.73. The van der Waals surface area contributed by atoms with Crippen LogP contribution in [0.1, 0.15) is 35.6 Å². The number of methoxy groups -OCH3 is 3. The van der Waals surface area contributed by atoms with Crippen molar-refractivity contribution in [2.75, 3.05) is 26.6 Å². The van der Waals surface area contributed by atoms with Gasteiger partial charge in [-0.15, -0.1) is 0 Å². The average molecular weight is 472 g/mol. The number of para-hydroxylation sites is 1. The summed E-state index contributed by atoms with van der Waals surface area (Å²) in [7, 11) is 4.63. The summed E-state index contributed by atoms with van der Waals surface area (Å²) in [6.45, 7) is 3.99. The van der Waals surface area contributed by atoms with Crippen molar-refractivity contribution in [3.63, 3.8) is 0 Å². The van der Waals surface area contributed by atoms with Crippen molar-refractivity contribution in [2.24, 2.45) is 0 Å². The summed E-state index contributed by atoms with van der Waals surface area (Å²) < 4.78 is 16.1. The van der Waals surface area contributed by atoms with Crippen molar-refractivity contribution in [1.29, 1.82) is 0 Å². The molecule has 1 aliphatic carbocycles. The van der Waals surface area contributed by atoms with Crippen LogP contribution < -0.4 is 19.5 Å². The third-order valence-electron chi connectivity index (χ3n) is 6.27. The first-order valence-corrected chi connectivity index (χ1v) is 11.3. The lowest BCUT2D eigenvalue weighted by molar-refractivity contribution is -0.115. The van der Waals surface area contributed by atoms with Crippen LogP contribution in [-0.2, 0) is 4.79 Å². The summed E-state index contributed by atoms with van der Waals surface area (Å²) in [5.74, 6) is 1.24. The first-order chi connectivity index (χ1) is 16.9. The number of carbonyl (C=O) groups excluding carboxylic acids is 1. The molecular formula is C29H29NO5. The second-order valence-corrected chi connectivity index (χ2v) is 8.39. The summed E-state index contributed by atoms with van der Waals surface area (Å²) in [5.41, 5.74) is 7.51. The standard InChI is InChI=1S/C29H29NO5/c1-17-8-6-7-9-25(17)30-28(31)16-23-18(2)22(21-11-10-20(33-3)15-24(21)23)12-19-13-26(34-4)29(32)27(14-19)35-5/h6-15,32H,16H2,1-5H3,(H,30,31). The van der Waals surface area contributed by atoms with Crippen LogP contribution >= 0.6 is 0 Å². The molecule has 0 spiro atoms. The number of phenols is 1. The molecule has 1 amide bonds. The van der Waals surface area contributed by atoms with Gasteiger partial charge in [0.15, 0.2) is 11.5 Å². The van der Waals surface area contributed by atoms with Gasteiger partial charge < -0.3 is 24.6 Å². The third-order valence-corrected chi connectivity index (χ3v) is 6.27. The first-order valence-electron chi connectivity index (χ1n) is 11.3. The second-order valence-electron chi connectivity index (χ2n) is 8.39. The van der Waals surface area contributed by atoms with Crippen LogP contribution in [0.2, 0.25) is 0 Å². The predicted molar refractivity (Wildman–Crippen MR) is 139 cm³/mol. The van der Waals surface area contributed by atoms with Gasteiger partial charge in [-0.05, 0) is 89.2 Å². The molecule has 0 unspecified atom stereocenters. The molecular weight excluding hydrogens is 442 g/mol. The summed E-state index contributed by atoms with van der Waals surface area (Å²) in [6, 6.07) is 17.1. The lowest BCUT2D eigenvalue weighted by atomic mass is 10.00. The van der Waals surface area contributed by atoms with Crippen LogP contribution in [-0.4, -0.2) is 32.3 Å². The Hall–Kier alpha value is -4.19. The van der Waals surface area contributed by atoms with Crippen molar-refractivity contribution in [3.05, 3.63) is 82.4 Å². The van der Waals surface area contributed by atoms with Gasteiger partial charge in [0.1, 0.15) is 5.75 Å². The highest BCUT2D eigenvalue weighted by atomic mass is 16.5. The molecule has 0 aromatic heterocycles. The zero-order valence-electron chi connectivity index (χ0n) is 20.6. The molecule has 6 heteroatoms. The van der Waals surface area contributed by atoms with E-state index in [1.807, 2.05) is 62.4 Å². The number of anilines is 1. The van der Waals surface area contributed by atoms with E-state index in [1.54, 1.807) is 19.2 Å². The maximum Gasteiger partial charge on any atom is 0.228 e. The first kappa shape index (κ1) is 24.0. The number of ether oxygens (including phenoxy) is 3. The van der Waals surface area contributed by atoms with E-state index in [9.17, 15) is 9.90 Å². The molecule has 1 aliphatic rings. The van der Waals surface area contributed by atoms with E-state index in [0.29, 0.717) is 11.5 Å². The number of aromatic hydroxyl groups is 1. The number of hydrogen-bond donors (Lipinski definition) is 2. The van der Waals surface area contributed by atoms with Crippen LogP contribution in [0.4, 0.5) is 5.69 Å². The zero-order valence-corrected chi connectivity index (χ0v) is 20.6. The zero-order chi connectivity index (χ0) is 25.1. The maximum absolute atomic E-state index is 13.0. The highest BCUT2D eigenvalue weighted by Crippen LogP contribution is 2.46. The number of benzene rings is 3. The van der Waals surface area contributed by atoms with Gasteiger partial charge in [0.05, 0.1) is 27.8 Å². The molecule has 6 nitrogen and oxygen atoms in total. The summed E-state index contributed by atoms with van der Waals surface area (Å²) in [6.07, 6.45) is 2.23. The van der Waals surface area contributed by atoms with Crippen molar-refractivity contribution in [2.45, 2.75) is 20.3 Å². The van der Waals surface area contributed by atoms with E-state index < -0.39 is 0 Å². The van der Waals surface area contributed by atoms with Gasteiger partial charge in [-0.3, -0.25) is 4.79 Å². The Balaban J connectivity index is 1.76. The number of carbonyl (C=O) groups is 1. The number of rotatable bonds is 7. The molecule has 4 rings (SSSR count). The molecule has 180 valence electrons. The van der Waals surface area contributed by atoms with Crippen LogP contribution in [0.15, 0.2) is 60.2 Å². The van der Waals surface area contributed by atoms with E-state index in [0.717, 1.165) is 50.4 Å². The fourth-order valence-electron chi connectivity index (χ4n) is 4.35. The minimum atomic E-state index is -0.0864. The molecule has 0 saturated carbocycles. The number of phenolic OH excluding ortho intramolecular Hbond substituents is 1. The molecule has 0 fully saturated rings. The predicted octanol–water partition coefficient (Wildman–Crippen LogP) is 6.08. The van der Waals surface area contributed by atoms with Gasteiger partial charge in [-0.2, -0.15) is 0 Å². The van der Waals surface area contributed by atoms with Gasteiger partial charge >= 0.3 is 0 Å². The number of fused-ring (bicyclic) bond motifs is 1. The van der Waals surface area contributed by atoms with Gasteiger partial charge in [-0.1, -0.05) is 24.3 Å². The van der Waals surface area contributed by atoms with E-state index in [1.165, 1.54) is 14.2 Å². The lowest BCUT2D eigenvalue weighted by Crippen LogP contribution is -2.12. The van der Waals surface area contributed by atoms with E-state index >= 15 is 0 Å². The Bertz CT molecular complexity index is 1330. The molecule has 0 saturated heterocycles. The van der Waals surface area contributed by atoms with Crippen molar-refractivity contribution in [1.82, 2.24) is 0 Å². The van der Waals surface area contributed by atoms with Crippen molar-refractivity contribution < 1.29 is 24.1 Å². The van der Waals surface area contributed by atoms with Crippen LogP contribution in [0.3, 0.4) is 0 Å². The van der Waals surface area contributed by atoms with Gasteiger partial charge in [0.25, 0.3) is 0 Å². The molecule has 35 heavy (non-hydrogen) atoms. The van der Waals surface area contributed by atoms with Gasteiger partial charge in [-0.25, -0.2) is 0 Å². The van der Waals surface area contributed by atoms with Crippen molar-refractivity contribution in [3.8, 4) is 23.0 Å². The topological polar surface area (TPSA) is 77.0 Å². The maximum atomic E-state index is 13.0. The van der Waals surface area contributed by atoms with Crippen LogP contribution in [0, 0.1) is 6.92 Å². The molecule has 0 atom stereocenters. The highest BCUT2D eigenvalue weighted by molar-refractivity contribution is 6.10. The second kappa shape index (κ2) is 9.97. The summed E-state index contributed by atoms with van der Waals surface area (Å²) >= 11 is 0.